The summed E-state index contributed by atoms with van der Waals surface area (Å²) in [5.74, 6) is 0.394. The van der Waals surface area contributed by atoms with Crippen LogP contribution < -0.4 is 9.47 Å². The van der Waals surface area contributed by atoms with E-state index in [1.807, 2.05) is 0 Å². The van der Waals surface area contributed by atoms with Crippen LogP contribution in [0.1, 0.15) is 0 Å². The molecule has 94 valence electrons. The SMILES string of the molecule is COc1ccc([N+](=O)[O-])c(OCC(O)CO)c1. The van der Waals surface area contributed by atoms with E-state index in [2.05, 4.69) is 0 Å². The number of ether oxygens (including phenoxy) is 2. The van der Waals surface area contributed by atoms with Crippen molar-refractivity contribution < 1.29 is 24.6 Å². The van der Waals surface area contributed by atoms with Crippen molar-refractivity contribution in [2.24, 2.45) is 0 Å². The average Bonchev–Trinajstić information content (AvgIpc) is 2.35. The Morgan fingerprint density at radius 2 is 2.24 bits per heavy atom. The van der Waals surface area contributed by atoms with E-state index in [0.29, 0.717) is 5.75 Å². The van der Waals surface area contributed by atoms with E-state index in [0.717, 1.165) is 0 Å². The van der Waals surface area contributed by atoms with Gasteiger partial charge in [-0.15, -0.1) is 0 Å². The molecule has 17 heavy (non-hydrogen) atoms. The number of nitro groups is 1. The van der Waals surface area contributed by atoms with Gasteiger partial charge in [0.25, 0.3) is 0 Å². The second kappa shape index (κ2) is 6.02. The highest BCUT2D eigenvalue weighted by Gasteiger charge is 2.17. The molecule has 0 bridgehead atoms. The van der Waals surface area contributed by atoms with Crippen molar-refractivity contribution in [3.63, 3.8) is 0 Å². The predicted molar refractivity (Wildman–Crippen MR) is 58.2 cm³/mol. The summed E-state index contributed by atoms with van der Waals surface area (Å²) in [4.78, 5) is 10.1. The largest absolute Gasteiger partial charge is 0.497 e. The Labute approximate surface area is 97.4 Å². The maximum Gasteiger partial charge on any atom is 0.311 e. The molecule has 0 saturated carbocycles. The van der Waals surface area contributed by atoms with Crippen molar-refractivity contribution in [2.75, 3.05) is 20.3 Å². The summed E-state index contributed by atoms with van der Waals surface area (Å²) in [5.41, 5.74) is -0.226. The van der Waals surface area contributed by atoms with Crippen molar-refractivity contribution in [3.8, 4) is 11.5 Å². The molecule has 0 aliphatic carbocycles. The molecular weight excluding hydrogens is 230 g/mol. The minimum absolute atomic E-state index is 0.0122. The van der Waals surface area contributed by atoms with Crippen LogP contribution in [-0.4, -0.2) is 41.6 Å². The third-order valence-corrected chi connectivity index (χ3v) is 2.01. The van der Waals surface area contributed by atoms with Crippen molar-refractivity contribution in [1.82, 2.24) is 0 Å². The molecule has 0 radical (unpaired) electrons. The molecule has 0 heterocycles. The lowest BCUT2D eigenvalue weighted by atomic mass is 10.3. The van der Waals surface area contributed by atoms with Crippen LogP contribution in [0.3, 0.4) is 0 Å². The van der Waals surface area contributed by atoms with Crippen LogP contribution in [0.25, 0.3) is 0 Å². The highest BCUT2D eigenvalue weighted by molar-refractivity contribution is 5.50. The van der Waals surface area contributed by atoms with Crippen LogP contribution in [-0.2, 0) is 0 Å². The molecule has 0 aliphatic heterocycles. The van der Waals surface area contributed by atoms with Crippen LogP contribution in [0.15, 0.2) is 18.2 Å². The van der Waals surface area contributed by atoms with Gasteiger partial charge in [-0.1, -0.05) is 0 Å². The van der Waals surface area contributed by atoms with E-state index in [1.54, 1.807) is 0 Å². The highest BCUT2D eigenvalue weighted by atomic mass is 16.6. The van der Waals surface area contributed by atoms with E-state index < -0.39 is 17.6 Å². The summed E-state index contributed by atoms with van der Waals surface area (Å²) in [6, 6.07) is 4.04. The number of nitro benzene ring substituents is 1. The van der Waals surface area contributed by atoms with Crippen molar-refractivity contribution >= 4 is 5.69 Å². The Hall–Kier alpha value is -1.86. The first-order valence-corrected chi connectivity index (χ1v) is 4.82. The number of aliphatic hydroxyl groups is 2. The summed E-state index contributed by atoms with van der Waals surface area (Å²) in [7, 11) is 1.42. The zero-order valence-electron chi connectivity index (χ0n) is 9.20. The maximum atomic E-state index is 10.7. The molecule has 1 unspecified atom stereocenters. The van der Waals surface area contributed by atoms with Crippen LogP contribution in [0.5, 0.6) is 11.5 Å². The molecule has 0 saturated heterocycles. The maximum absolute atomic E-state index is 10.7. The lowest BCUT2D eigenvalue weighted by Crippen LogP contribution is -2.21. The molecule has 0 amide bonds. The van der Waals surface area contributed by atoms with Gasteiger partial charge in [0, 0.05) is 12.1 Å². The van der Waals surface area contributed by atoms with E-state index >= 15 is 0 Å². The Kier molecular flexibility index (Phi) is 4.68. The number of aliphatic hydroxyl groups excluding tert-OH is 2. The van der Waals surface area contributed by atoms with Gasteiger partial charge in [-0.2, -0.15) is 0 Å². The monoisotopic (exact) mass is 243 g/mol. The number of nitrogens with zero attached hydrogens (tertiary/aromatic N) is 1. The lowest BCUT2D eigenvalue weighted by molar-refractivity contribution is -0.386. The zero-order chi connectivity index (χ0) is 12.8. The Balaban J connectivity index is 2.89. The summed E-state index contributed by atoms with van der Waals surface area (Å²) in [6.45, 7) is -0.706. The molecule has 1 atom stereocenters. The lowest BCUT2D eigenvalue weighted by Gasteiger charge is -2.10. The molecule has 0 aromatic heterocycles. The molecule has 1 aromatic carbocycles. The minimum atomic E-state index is -1.08. The second-order valence-electron chi connectivity index (χ2n) is 3.24. The van der Waals surface area contributed by atoms with Crippen molar-refractivity contribution in [3.05, 3.63) is 28.3 Å². The first-order valence-electron chi connectivity index (χ1n) is 4.82. The molecule has 1 aromatic rings. The first-order chi connectivity index (χ1) is 8.08. The van der Waals surface area contributed by atoms with Gasteiger partial charge in [0.15, 0.2) is 0 Å². The first kappa shape index (κ1) is 13.2. The average molecular weight is 243 g/mol. The smallest absolute Gasteiger partial charge is 0.311 e. The van der Waals surface area contributed by atoms with Gasteiger partial charge in [0.05, 0.1) is 18.6 Å². The van der Waals surface area contributed by atoms with Crippen LogP contribution in [0, 0.1) is 10.1 Å². The fraction of sp³-hybridized carbons (Fsp3) is 0.400. The quantitative estimate of drug-likeness (QED) is 0.551. The number of methoxy groups -OCH3 is 1. The van der Waals surface area contributed by atoms with E-state index in [4.69, 9.17) is 19.7 Å². The molecule has 0 fully saturated rings. The van der Waals surface area contributed by atoms with Gasteiger partial charge >= 0.3 is 5.69 Å². The van der Waals surface area contributed by atoms with Crippen molar-refractivity contribution in [1.29, 1.82) is 0 Å². The minimum Gasteiger partial charge on any atom is -0.497 e. The standard InChI is InChI=1S/C10H13NO6/c1-16-8-2-3-9(11(14)15)10(4-8)17-6-7(13)5-12/h2-4,7,12-13H,5-6H2,1H3. The molecular formula is C10H13NO6. The molecule has 0 aliphatic rings. The Bertz CT molecular complexity index is 394. The summed E-state index contributed by atoms with van der Waals surface area (Å²) < 4.78 is 9.97. The third-order valence-electron chi connectivity index (χ3n) is 2.01. The molecule has 2 N–H and O–H groups in total. The summed E-state index contributed by atoms with van der Waals surface area (Å²) in [5, 5.41) is 28.4. The van der Waals surface area contributed by atoms with E-state index in [-0.39, 0.29) is 18.0 Å². The van der Waals surface area contributed by atoms with Crippen LogP contribution in [0.4, 0.5) is 5.69 Å². The van der Waals surface area contributed by atoms with Crippen LogP contribution >= 0.6 is 0 Å². The number of hydrogen-bond acceptors (Lipinski definition) is 6. The third kappa shape index (κ3) is 3.58. The van der Waals surface area contributed by atoms with Gasteiger partial charge in [-0.05, 0) is 6.07 Å². The number of hydrogen-bond donors (Lipinski definition) is 2. The zero-order valence-corrected chi connectivity index (χ0v) is 9.20. The van der Waals surface area contributed by atoms with Crippen LogP contribution in [0.2, 0.25) is 0 Å². The Morgan fingerprint density at radius 1 is 1.53 bits per heavy atom. The molecule has 0 spiro atoms. The number of benzene rings is 1. The fourth-order valence-corrected chi connectivity index (χ4v) is 1.13. The topological polar surface area (TPSA) is 102 Å². The van der Waals surface area contributed by atoms with Gasteiger partial charge in [0.1, 0.15) is 18.5 Å². The van der Waals surface area contributed by atoms with Crippen molar-refractivity contribution in [2.45, 2.75) is 6.10 Å². The normalized spacial score (nSPS) is 11.9. The second-order valence-corrected chi connectivity index (χ2v) is 3.24. The van der Waals surface area contributed by atoms with Gasteiger partial charge in [-0.25, -0.2) is 0 Å². The van der Waals surface area contributed by atoms with Gasteiger partial charge < -0.3 is 19.7 Å². The molecule has 1 rings (SSSR count). The Morgan fingerprint density at radius 3 is 2.76 bits per heavy atom. The number of rotatable bonds is 6. The molecule has 7 nitrogen and oxygen atoms in total. The summed E-state index contributed by atoms with van der Waals surface area (Å²) >= 11 is 0. The fourth-order valence-electron chi connectivity index (χ4n) is 1.13. The predicted octanol–water partition coefficient (Wildman–Crippen LogP) is 0.335. The summed E-state index contributed by atoms with van der Waals surface area (Å²) in [6.07, 6.45) is -1.08. The van der Waals surface area contributed by atoms with E-state index in [1.165, 1.54) is 25.3 Å². The molecule has 7 heteroatoms. The van der Waals surface area contributed by atoms with E-state index in [9.17, 15) is 10.1 Å². The van der Waals surface area contributed by atoms with Gasteiger partial charge in [0.2, 0.25) is 5.75 Å². The van der Waals surface area contributed by atoms with Gasteiger partial charge in [-0.3, -0.25) is 10.1 Å². The highest BCUT2D eigenvalue weighted by Crippen LogP contribution is 2.31.